The molecule has 1 unspecified atom stereocenters. The van der Waals surface area contributed by atoms with Gasteiger partial charge in [-0.15, -0.1) is 0 Å². The summed E-state index contributed by atoms with van der Waals surface area (Å²) in [5.74, 6) is -2.29. The highest BCUT2D eigenvalue weighted by molar-refractivity contribution is 5.98. The fraction of sp³-hybridized carbons (Fsp3) is 0.333. The molecule has 142 valence electrons. The summed E-state index contributed by atoms with van der Waals surface area (Å²) in [4.78, 5) is 48.9. The lowest BCUT2D eigenvalue weighted by atomic mass is 10.1. The molecule has 1 amide bonds. The molecule has 3 rings (SSSR count). The Hall–Kier alpha value is -3.23. The molecule has 1 atom stereocenters. The molecule has 27 heavy (non-hydrogen) atoms. The number of hydrogen-bond donors (Lipinski definition) is 1. The van der Waals surface area contributed by atoms with Gasteiger partial charge in [0.05, 0.1) is 25.5 Å². The second-order valence-electron chi connectivity index (χ2n) is 6.04. The lowest BCUT2D eigenvalue weighted by molar-refractivity contribution is -0.145. The van der Waals surface area contributed by atoms with Crippen molar-refractivity contribution >= 4 is 23.3 Å². The van der Waals surface area contributed by atoms with E-state index in [1.54, 1.807) is 0 Å². The van der Waals surface area contributed by atoms with Crippen molar-refractivity contribution in [2.24, 2.45) is 0 Å². The highest BCUT2D eigenvalue weighted by Gasteiger charge is 2.36. The molecule has 8 nitrogen and oxygen atoms in total. The van der Waals surface area contributed by atoms with Gasteiger partial charge in [-0.3, -0.25) is 14.4 Å². The monoisotopic (exact) mass is 376 g/mol. The average molecular weight is 376 g/mol. The number of esters is 1. The molecule has 1 N–H and O–H groups in total. The summed E-state index contributed by atoms with van der Waals surface area (Å²) in [5.41, 5.74) is -2.20. The van der Waals surface area contributed by atoms with Crippen LogP contribution in [-0.2, 0) is 9.53 Å². The van der Waals surface area contributed by atoms with Crippen LogP contribution in [0.15, 0.2) is 27.8 Å². The van der Waals surface area contributed by atoms with Crippen LogP contribution < -0.4 is 20.9 Å². The molecule has 0 bridgehead atoms. The maximum absolute atomic E-state index is 14.9. The molecule has 1 aliphatic rings. The van der Waals surface area contributed by atoms with Crippen molar-refractivity contribution in [2.45, 2.75) is 18.9 Å². The van der Waals surface area contributed by atoms with E-state index >= 15 is 0 Å². The van der Waals surface area contributed by atoms with Gasteiger partial charge in [0.2, 0.25) is 0 Å². The number of amides is 1. The van der Waals surface area contributed by atoms with E-state index in [4.69, 9.17) is 9.47 Å². The van der Waals surface area contributed by atoms with Gasteiger partial charge in [0, 0.05) is 6.54 Å². The molecule has 1 heterocycles. The summed E-state index contributed by atoms with van der Waals surface area (Å²) >= 11 is 0. The molecule has 2 aromatic rings. The van der Waals surface area contributed by atoms with Crippen LogP contribution >= 0.6 is 0 Å². The Bertz CT molecular complexity index is 979. The molecular formula is C18H17FN2O6. The number of methoxy groups -OCH3 is 2. The second-order valence-corrected chi connectivity index (χ2v) is 6.04. The number of nitrogens with one attached hydrogen (secondary N) is 1. The Labute approximate surface area is 153 Å². The van der Waals surface area contributed by atoms with Gasteiger partial charge in [0.1, 0.15) is 11.7 Å². The Balaban J connectivity index is 1.90. The van der Waals surface area contributed by atoms with Gasteiger partial charge >= 0.3 is 5.97 Å². The first kappa shape index (κ1) is 18.6. The van der Waals surface area contributed by atoms with E-state index < -0.39 is 34.6 Å². The van der Waals surface area contributed by atoms with E-state index in [0.29, 0.717) is 19.4 Å². The van der Waals surface area contributed by atoms with Crippen molar-refractivity contribution in [3.8, 4) is 5.75 Å². The molecule has 1 saturated heterocycles. The zero-order valence-corrected chi connectivity index (χ0v) is 14.7. The van der Waals surface area contributed by atoms with E-state index in [0.717, 1.165) is 0 Å². The number of carbonyl (C=O) groups excluding carboxylic acids is 2. The number of likely N-dealkylation sites (tertiary alicyclic amines) is 1. The fourth-order valence-corrected chi connectivity index (χ4v) is 3.15. The molecule has 9 heteroatoms. The number of anilines is 2. The summed E-state index contributed by atoms with van der Waals surface area (Å²) in [6, 6.07) is 3.28. The molecular weight excluding hydrogens is 359 g/mol. The minimum Gasteiger partial charge on any atom is -0.491 e. The fourth-order valence-electron chi connectivity index (χ4n) is 3.15. The molecule has 1 aliphatic heterocycles. The smallest absolute Gasteiger partial charge is 0.328 e. The van der Waals surface area contributed by atoms with Crippen LogP contribution in [0.1, 0.15) is 23.2 Å². The highest BCUT2D eigenvalue weighted by Crippen LogP contribution is 2.28. The number of benzene rings is 1. The summed E-state index contributed by atoms with van der Waals surface area (Å²) in [6.45, 7) is 0.307. The minimum atomic E-state index is -0.895. The van der Waals surface area contributed by atoms with E-state index in [1.165, 1.54) is 37.3 Å². The van der Waals surface area contributed by atoms with E-state index in [9.17, 15) is 23.6 Å². The standard InChI is InChI=1S/C18H17FN2O6/c1-26-16-13(14(22)15(16)23)20-10-6-3-5-9(12(10)19)17(24)21-8-4-7-11(21)18(25)27-2/h3,5-6,11,20H,4,7-8H2,1-2H3. The first-order valence-electron chi connectivity index (χ1n) is 8.22. The number of rotatable bonds is 5. The first-order valence-corrected chi connectivity index (χ1v) is 8.22. The lowest BCUT2D eigenvalue weighted by Crippen LogP contribution is -2.41. The number of halogens is 1. The van der Waals surface area contributed by atoms with Gasteiger partial charge in [-0.05, 0) is 25.0 Å². The molecule has 1 fully saturated rings. The van der Waals surface area contributed by atoms with Crippen molar-refractivity contribution < 1.29 is 23.5 Å². The van der Waals surface area contributed by atoms with E-state index in [-0.39, 0.29) is 22.7 Å². The number of ether oxygens (including phenoxy) is 2. The van der Waals surface area contributed by atoms with Crippen molar-refractivity contribution in [3.05, 3.63) is 50.0 Å². The third-order valence-electron chi connectivity index (χ3n) is 4.55. The third-order valence-corrected chi connectivity index (χ3v) is 4.55. The molecule has 0 spiro atoms. The van der Waals surface area contributed by atoms with Gasteiger partial charge in [-0.1, -0.05) is 6.07 Å². The third kappa shape index (κ3) is 3.05. The predicted molar refractivity (Wildman–Crippen MR) is 93.7 cm³/mol. The largest absolute Gasteiger partial charge is 0.491 e. The Morgan fingerprint density at radius 1 is 1.22 bits per heavy atom. The summed E-state index contributed by atoms with van der Waals surface area (Å²) in [5, 5.41) is 2.51. The van der Waals surface area contributed by atoms with Crippen molar-refractivity contribution in [1.82, 2.24) is 4.90 Å². The van der Waals surface area contributed by atoms with E-state index in [1.807, 2.05) is 0 Å². The summed E-state index contributed by atoms with van der Waals surface area (Å²) in [7, 11) is 2.45. The topological polar surface area (TPSA) is 102 Å². The van der Waals surface area contributed by atoms with Crippen LogP contribution in [0.2, 0.25) is 0 Å². The molecule has 0 radical (unpaired) electrons. The summed E-state index contributed by atoms with van der Waals surface area (Å²) in [6.07, 6.45) is 1.05. The Morgan fingerprint density at radius 3 is 2.63 bits per heavy atom. The SMILES string of the molecule is COC(=O)C1CCCN1C(=O)c1cccc(Nc2c(OC)c(=O)c2=O)c1F. The zero-order chi connectivity index (χ0) is 19.7. The lowest BCUT2D eigenvalue weighted by Gasteiger charge is -2.23. The van der Waals surface area contributed by atoms with Gasteiger partial charge in [-0.25, -0.2) is 9.18 Å². The van der Waals surface area contributed by atoms with Gasteiger partial charge in [0.15, 0.2) is 11.6 Å². The maximum atomic E-state index is 14.9. The van der Waals surface area contributed by atoms with Gasteiger partial charge in [0.25, 0.3) is 16.8 Å². The normalized spacial score (nSPS) is 16.4. The predicted octanol–water partition coefficient (Wildman–Crippen LogP) is 0.951. The summed E-state index contributed by atoms with van der Waals surface area (Å²) < 4.78 is 24.4. The first-order chi connectivity index (χ1) is 12.9. The van der Waals surface area contributed by atoms with Crippen molar-refractivity contribution in [2.75, 3.05) is 26.1 Å². The van der Waals surface area contributed by atoms with Crippen LogP contribution in [0.4, 0.5) is 15.8 Å². The van der Waals surface area contributed by atoms with Gasteiger partial charge in [-0.2, -0.15) is 0 Å². The van der Waals surface area contributed by atoms with Crippen molar-refractivity contribution in [3.63, 3.8) is 0 Å². The molecule has 2 aromatic carbocycles. The highest BCUT2D eigenvalue weighted by atomic mass is 19.1. The van der Waals surface area contributed by atoms with Crippen LogP contribution in [-0.4, -0.2) is 43.6 Å². The number of nitrogens with zero attached hydrogens (tertiary/aromatic N) is 1. The zero-order valence-electron chi connectivity index (χ0n) is 14.7. The maximum Gasteiger partial charge on any atom is 0.328 e. The van der Waals surface area contributed by atoms with Crippen LogP contribution in [0, 0.1) is 5.82 Å². The van der Waals surface area contributed by atoms with Crippen molar-refractivity contribution in [1.29, 1.82) is 0 Å². The molecule has 0 aromatic heterocycles. The molecule has 0 saturated carbocycles. The number of hydrogen-bond acceptors (Lipinski definition) is 7. The van der Waals surface area contributed by atoms with E-state index in [2.05, 4.69) is 5.32 Å². The van der Waals surface area contributed by atoms with Crippen LogP contribution in [0.5, 0.6) is 5.75 Å². The number of carbonyl (C=O) groups is 2. The minimum absolute atomic E-state index is 0.153. The Morgan fingerprint density at radius 2 is 1.96 bits per heavy atom. The Kier molecular flexibility index (Phi) is 4.93. The van der Waals surface area contributed by atoms with Crippen LogP contribution in [0.3, 0.4) is 0 Å². The molecule has 0 aliphatic carbocycles. The second kappa shape index (κ2) is 7.18. The average Bonchev–Trinajstić information content (AvgIpc) is 3.17. The quantitative estimate of drug-likeness (QED) is 0.612. The van der Waals surface area contributed by atoms with Gasteiger partial charge < -0.3 is 19.7 Å². The van der Waals surface area contributed by atoms with Crippen LogP contribution in [0.25, 0.3) is 0 Å².